The Morgan fingerprint density at radius 2 is 1.62 bits per heavy atom. The highest BCUT2D eigenvalue weighted by Crippen LogP contribution is 2.10. The summed E-state index contributed by atoms with van der Waals surface area (Å²) in [4.78, 5) is 19.2. The van der Waals surface area contributed by atoms with Crippen molar-refractivity contribution in [1.29, 1.82) is 0 Å². The molecule has 0 aromatic heterocycles. The van der Waals surface area contributed by atoms with Crippen LogP contribution >= 0.6 is 0 Å². The zero-order valence-corrected chi connectivity index (χ0v) is 13.6. The van der Waals surface area contributed by atoms with Crippen LogP contribution in [0.5, 0.6) is 0 Å². The van der Waals surface area contributed by atoms with Crippen LogP contribution in [0.15, 0.2) is 0 Å². The normalized spacial score (nSPS) is 23.8. The smallest absolute Gasteiger partial charge is 0.236 e. The van der Waals surface area contributed by atoms with Crippen molar-refractivity contribution in [3.8, 4) is 0 Å². The molecule has 0 saturated carbocycles. The molecule has 2 saturated heterocycles. The van der Waals surface area contributed by atoms with E-state index in [-0.39, 0.29) is 0 Å². The van der Waals surface area contributed by atoms with Gasteiger partial charge < -0.3 is 15.5 Å². The molecule has 21 heavy (non-hydrogen) atoms. The number of piperidine rings is 1. The van der Waals surface area contributed by atoms with E-state index in [4.69, 9.17) is 5.73 Å². The second-order valence-corrected chi connectivity index (χ2v) is 6.71. The molecule has 2 heterocycles. The number of nitrogens with zero attached hydrogens (tertiary/aromatic N) is 3. The first-order valence-electron chi connectivity index (χ1n) is 8.61. The maximum atomic E-state index is 12.3. The minimum Gasteiger partial charge on any atom is -0.342 e. The summed E-state index contributed by atoms with van der Waals surface area (Å²) in [6.45, 7) is 10.9. The summed E-state index contributed by atoms with van der Waals surface area (Å²) in [7, 11) is 0. The Balaban J connectivity index is 1.73. The molecule has 0 radical (unpaired) electrons. The molecule has 0 aliphatic carbocycles. The van der Waals surface area contributed by atoms with Crippen LogP contribution in [0.1, 0.15) is 32.6 Å². The van der Waals surface area contributed by atoms with Gasteiger partial charge in [-0.2, -0.15) is 0 Å². The van der Waals surface area contributed by atoms with E-state index in [9.17, 15) is 4.79 Å². The molecular weight excluding hydrogens is 264 g/mol. The molecule has 2 fully saturated rings. The summed E-state index contributed by atoms with van der Waals surface area (Å²) in [5.74, 6) is 0.894. The van der Waals surface area contributed by atoms with Crippen molar-refractivity contribution in [2.24, 2.45) is 11.7 Å². The standard InChI is InChI=1S/C16H32N4O/c1-15(12-17)13-18-6-5-7-19(11-10-18)14-16(21)20-8-3-2-4-9-20/h15H,2-14,17H2,1H3. The van der Waals surface area contributed by atoms with Crippen LogP contribution in [-0.4, -0.2) is 79.5 Å². The summed E-state index contributed by atoms with van der Waals surface area (Å²) in [5.41, 5.74) is 5.72. The first-order valence-corrected chi connectivity index (χ1v) is 8.61. The topological polar surface area (TPSA) is 52.8 Å². The number of hydrogen-bond donors (Lipinski definition) is 1. The molecule has 2 aliphatic rings. The van der Waals surface area contributed by atoms with Crippen LogP contribution < -0.4 is 5.73 Å². The molecule has 1 atom stereocenters. The van der Waals surface area contributed by atoms with Gasteiger partial charge in [0.05, 0.1) is 6.54 Å². The van der Waals surface area contributed by atoms with Crippen LogP contribution in [0.2, 0.25) is 0 Å². The van der Waals surface area contributed by atoms with E-state index in [1.165, 1.54) is 19.3 Å². The Kier molecular flexibility index (Phi) is 6.93. The van der Waals surface area contributed by atoms with Crippen molar-refractivity contribution < 1.29 is 4.79 Å². The lowest BCUT2D eigenvalue weighted by Crippen LogP contribution is -2.43. The van der Waals surface area contributed by atoms with E-state index in [1.54, 1.807) is 0 Å². The van der Waals surface area contributed by atoms with Gasteiger partial charge in [-0.25, -0.2) is 0 Å². The maximum Gasteiger partial charge on any atom is 0.236 e. The minimum absolute atomic E-state index is 0.332. The van der Waals surface area contributed by atoms with E-state index < -0.39 is 0 Å². The second-order valence-electron chi connectivity index (χ2n) is 6.71. The molecule has 2 rings (SSSR count). The predicted octanol–water partition coefficient (Wildman–Crippen LogP) is 0.601. The van der Waals surface area contributed by atoms with Gasteiger partial charge >= 0.3 is 0 Å². The fourth-order valence-electron chi connectivity index (χ4n) is 3.31. The Labute approximate surface area is 129 Å². The summed E-state index contributed by atoms with van der Waals surface area (Å²) in [6.07, 6.45) is 4.79. The van der Waals surface area contributed by atoms with Crippen molar-refractivity contribution in [3.63, 3.8) is 0 Å². The molecule has 0 spiro atoms. The van der Waals surface area contributed by atoms with E-state index in [2.05, 4.69) is 21.6 Å². The van der Waals surface area contributed by atoms with E-state index in [0.717, 1.165) is 58.8 Å². The van der Waals surface area contributed by atoms with Gasteiger partial charge in [0.1, 0.15) is 0 Å². The average molecular weight is 296 g/mol. The Morgan fingerprint density at radius 3 is 2.33 bits per heavy atom. The molecule has 0 bridgehead atoms. The monoisotopic (exact) mass is 296 g/mol. The van der Waals surface area contributed by atoms with Crippen LogP contribution in [0.25, 0.3) is 0 Å². The highest BCUT2D eigenvalue weighted by molar-refractivity contribution is 5.78. The summed E-state index contributed by atoms with van der Waals surface area (Å²) < 4.78 is 0. The second kappa shape index (κ2) is 8.71. The Hall–Kier alpha value is -0.650. The Morgan fingerprint density at radius 1 is 0.952 bits per heavy atom. The quantitative estimate of drug-likeness (QED) is 0.807. The third-order valence-corrected chi connectivity index (χ3v) is 4.72. The average Bonchev–Trinajstić information content (AvgIpc) is 2.73. The number of hydrogen-bond acceptors (Lipinski definition) is 4. The minimum atomic E-state index is 0.332. The zero-order chi connectivity index (χ0) is 15.1. The number of rotatable bonds is 5. The molecule has 5 heteroatoms. The number of carbonyl (C=O) groups is 1. The summed E-state index contributed by atoms with van der Waals surface area (Å²) >= 11 is 0. The fourth-order valence-corrected chi connectivity index (χ4v) is 3.31. The number of carbonyl (C=O) groups excluding carboxylic acids is 1. The third-order valence-electron chi connectivity index (χ3n) is 4.72. The first-order chi connectivity index (χ1) is 10.2. The zero-order valence-electron chi connectivity index (χ0n) is 13.6. The fraction of sp³-hybridized carbons (Fsp3) is 0.938. The van der Waals surface area contributed by atoms with Crippen molar-refractivity contribution >= 4 is 5.91 Å². The van der Waals surface area contributed by atoms with Crippen molar-refractivity contribution in [3.05, 3.63) is 0 Å². The lowest BCUT2D eigenvalue weighted by atomic mass is 10.1. The van der Waals surface area contributed by atoms with E-state index >= 15 is 0 Å². The lowest BCUT2D eigenvalue weighted by Gasteiger charge is -2.29. The summed E-state index contributed by atoms with van der Waals surface area (Å²) in [5, 5.41) is 0. The SMILES string of the molecule is CC(CN)CN1CCCN(CC(=O)N2CCCCC2)CC1. The number of amides is 1. The van der Waals surface area contributed by atoms with Gasteiger partial charge in [-0.15, -0.1) is 0 Å². The third kappa shape index (κ3) is 5.57. The first kappa shape index (κ1) is 16.7. The van der Waals surface area contributed by atoms with Crippen LogP contribution in [0.3, 0.4) is 0 Å². The highest BCUT2D eigenvalue weighted by atomic mass is 16.2. The van der Waals surface area contributed by atoms with Crippen molar-refractivity contribution in [1.82, 2.24) is 14.7 Å². The molecule has 0 aromatic carbocycles. The Bertz CT molecular complexity index is 317. The van der Waals surface area contributed by atoms with Crippen molar-refractivity contribution in [2.75, 3.05) is 58.9 Å². The summed E-state index contributed by atoms with van der Waals surface area (Å²) in [6, 6.07) is 0. The molecular formula is C16H32N4O. The molecule has 0 aromatic rings. The van der Waals surface area contributed by atoms with Gasteiger partial charge in [-0.3, -0.25) is 9.69 Å². The van der Waals surface area contributed by atoms with Gasteiger partial charge in [0.2, 0.25) is 5.91 Å². The van der Waals surface area contributed by atoms with Crippen LogP contribution in [-0.2, 0) is 4.79 Å². The molecule has 122 valence electrons. The predicted molar refractivity (Wildman–Crippen MR) is 86.1 cm³/mol. The number of likely N-dealkylation sites (tertiary alicyclic amines) is 1. The van der Waals surface area contributed by atoms with Gasteiger partial charge in [0.15, 0.2) is 0 Å². The molecule has 1 unspecified atom stereocenters. The van der Waals surface area contributed by atoms with E-state index in [0.29, 0.717) is 18.4 Å². The lowest BCUT2D eigenvalue weighted by molar-refractivity contribution is -0.133. The largest absolute Gasteiger partial charge is 0.342 e. The molecule has 5 nitrogen and oxygen atoms in total. The molecule has 2 N–H and O–H groups in total. The highest BCUT2D eigenvalue weighted by Gasteiger charge is 2.21. The van der Waals surface area contributed by atoms with Crippen molar-refractivity contribution in [2.45, 2.75) is 32.6 Å². The van der Waals surface area contributed by atoms with Crippen LogP contribution in [0.4, 0.5) is 0 Å². The maximum absolute atomic E-state index is 12.3. The van der Waals surface area contributed by atoms with Gasteiger partial charge in [0.25, 0.3) is 0 Å². The van der Waals surface area contributed by atoms with Gasteiger partial charge in [-0.05, 0) is 51.2 Å². The number of nitrogens with two attached hydrogens (primary N) is 1. The molecule has 1 amide bonds. The van der Waals surface area contributed by atoms with Crippen LogP contribution in [0, 0.1) is 5.92 Å². The van der Waals surface area contributed by atoms with Gasteiger partial charge in [0, 0.05) is 32.7 Å². The van der Waals surface area contributed by atoms with Gasteiger partial charge in [-0.1, -0.05) is 6.92 Å². The molecule has 2 aliphatic heterocycles. The van der Waals surface area contributed by atoms with E-state index in [1.807, 2.05) is 0 Å².